The van der Waals surface area contributed by atoms with Crippen LogP contribution in [-0.4, -0.2) is 19.8 Å². The Morgan fingerprint density at radius 3 is 2.35 bits per heavy atom. The van der Waals surface area contributed by atoms with Crippen LogP contribution in [0.25, 0.3) is 0 Å². The zero-order chi connectivity index (χ0) is 12.8. The molecule has 0 bridgehead atoms. The number of hydrogen-bond donors (Lipinski definition) is 1. The van der Waals surface area contributed by atoms with Crippen molar-refractivity contribution in [2.24, 2.45) is 0 Å². The van der Waals surface area contributed by atoms with Crippen LogP contribution in [0.1, 0.15) is 31.9 Å². The minimum atomic E-state index is -0.516. The molecule has 0 heterocycles. The Morgan fingerprint density at radius 2 is 1.88 bits per heavy atom. The van der Waals surface area contributed by atoms with E-state index in [1.807, 2.05) is 6.92 Å². The highest BCUT2D eigenvalue weighted by Gasteiger charge is 2.18. The molecule has 96 valence electrons. The summed E-state index contributed by atoms with van der Waals surface area (Å²) in [6, 6.07) is 3.63. The quantitative estimate of drug-likeness (QED) is 0.829. The minimum Gasteiger partial charge on any atom is -0.383 e. The van der Waals surface area contributed by atoms with Crippen LogP contribution in [0.5, 0.6) is 0 Å². The molecule has 1 aromatic rings. The largest absolute Gasteiger partial charge is 0.383 e. The lowest BCUT2D eigenvalue weighted by Crippen LogP contribution is -2.35. The van der Waals surface area contributed by atoms with Crippen molar-refractivity contribution < 1.29 is 13.5 Å². The first-order chi connectivity index (χ1) is 8.10. The number of nitrogens with one attached hydrogen (secondary N) is 1. The molecule has 4 heteroatoms. The van der Waals surface area contributed by atoms with Gasteiger partial charge >= 0.3 is 0 Å². The molecule has 0 spiro atoms. The average molecular weight is 243 g/mol. The Kier molecular flexibility index (Phi) is 5.51. The molecule has 0 amide bonds. The lowest BCUT2D eigenvalue weighted by atomic mass is 10.1. The third-order valence-electron chi connectivity index (χ3n) is 2.78. The van der Waals surface area contributed by atoms with E-state index in [2.05, 4.69) is 5.32 Å². The van der Waals surface area contributed by atoms with Crippen molar-refractivity contribution in [2.45, 2.75) is 32.4 Å². The first kappa shape index (κ1) is 14.1. The van der Waals surface area contributed by atoms with Crippen molar-refractivity contribution in [3.8, 4) is 0 Å². The molecule has 2 unspecified atom stereocenters. The molecule has 0 aliphatic rings. The van der Waals surface area contributed by atoms with Crippen LogP contribution in [0.15, 0.2) is 18.2 Å². The van der Waals surface area contributed by atoms with E-state index >= 15 is 0 Å². The summed E-state index contributed by atoms with van der Waals surface area (Å²) < 4.78 is 32.1. The normalized spacial score (nSPS) is 14.6. The third kappa shape index (κ3) is 3.75. The van der Waals surface area contributed by atoms with E-state index in [1.54, 1.807) is 14.0 Å². The topological polar surface area (TPSA) is 21.3 Å². The van der Waals surface area contributed by atoms with E-state index in [0.29, 0.717) is 6.61 Å². The molecule has 1 aromatic carbocycles. The average Bonchev–Trinajstić information content (AvgIpc) is 2.28. The van der Waals surface area contributed by atoms with Gasteiger partial charge in [0.05, 0.1) is 6.61 Å². The molecule has 0 aliphatic heterocycles. The Labute approximate surface area is 101 Å². The van der Waals surface area contributed by atoms with Crippen LogP contribution < -0.4 is 5.32 Å². The maximum Gasteiger partial charge on any atom is 0.130 e. The summed E-state index contributed by atoms with van der Waals surface area (Å²) in [6.07, 6.45) is 0.842. The second kappa shape index (κ2) is 6.67. The Bertz CT molecular complexity index is 337. The summed E-state index contributed by atoms with van der Waals surface area (Å²) in [4.78, 5) is 0. The smallest absolute Gasteiger partial charge is 0.130 e. The van der Waals surface area contributed by atoms with Crippen LogP contribution in [0, 0.1) is 11.6 Å². The zero-order valence-electron chi connectivity index (χ0n) is 10.5. The van der Waals surface area contributed by atoms with Crippen molar-refractivity contribution in [2.75, 3.05) is 13.7 Å². The van der Waals surface area contributed by atoms with Crippen molar-refractivity contribution in [3.63, 3.8) is 0 Å². The predicted molar refractivity (Wildman–Crippen MR) is 63.9 cm³/mol. The number of halogens is 2. The monoisotopic (exact) mass is 243 g/mol. The van der Waals surface area contributed by atoms with Gasteiger partial charge in [0.1, 0.15) is 11.6 Å². The first-order valence-electron chi connectivity index (χ1n) is 5.79. The van der Waals surface area contributed by atoms with Gasteiger partial charge in [-0.05, 0) is 25.5 Å². The lowest BCUT2D eigenvalue weighted by Gasteiger charge is -2.22. The van der Waals surface area contributed by atoms with E-state index < -0.39 is 11.6 Å². The van der Waals surface area contributed by atoms with Gasteiger partial charge in [0.2, 0.25) is 0 Å². The van der Waals surface area contributed by atoms with E-state index in [9.17, 15) is 8.78 Å². The summed E-state index contributed by atoms with van der Waals surface area (Å²) in [7, 11) is 1.61. The van der Waals surface area contributed by atoms with E-state index in [0.717, 1.165) is 6.42 Å². The molecule has 0 radical (unpaired) electrons. The minimum absolute atomic E-state index is 0.0852. The van der Waals surface area contributed by atoms with Gasteiger partial charge in [-0.15, -0.1) is 0 Å². The van der Waals surface area contributed by atoms with Gasteiger partial charge in [0, 0.05) is 24.8 Å². The molecule has 0 saturated carbocycles. The predicted octanol–water partition coefficient (Wildman–Crippen LogP) is 3.04. The van der Waals surface area contributed by atoms with Gasteiger partial charge in [-0.25, -0.2) is 8.78 Å². The fraction of sp³-hybridized carbons (Fsp3) is 0.538. The SMILES string of the molecule is CCC(COC)NC(C)c1c(F)cccc1F. The summed E-state index contributed by atoms with van der Waals surface area (Å²) in [6.45, 7) is 4.28. The second-order valence-electron chi connectivity index (χ2n) is 4.08. The zero-order valence-corrected chi connectivity index (χ0v) is 10.5. The molecule has 2 nitrogen and oxygen atoms in total. The van der Waals surface area contributed by atoms with Crippen molar-refractivity contribution >= 4 is 0 Å². The van der Waals surface area contributed by atoms with Crippen LogP contribution >= 0.6 is 0 Å². The van der Waals surface area contributed by atoms with Gasteiger partial charge in [0.25, 0.3) is 0 Å². The Hall–Kier alpha value is -1.00. The summed E-state index contributed by atoms with van der Waals surface area (Å²) >= 11 is 0. The summed E-state index contributed by atoms with van der Waals surface area (Å²) in [5.41, 5.74) is 0.0852. The molecule has 0 saturated heterocycles. The number of hydrogen-bond acceptors (Lipinski definition) is 2. The van der Waals surface area contributed by atoms with E-state index in [-0.39, 0.29) is 17.6 Å². The van der Waals surface area contributed by atoms with Gasteiger partial charge in [-0.2, -0.15) is 0 Å². The molecule has 17 heavy (non-hydrogen) atoms. The lowest BCUT2D eigenvalue weighted by molar-refractivity contribution is 0.159. The molecule has 1 rings (SSSR count). The highest BCUT2D eigenvalue weighted by Crippen LogP contribution is 2.20. The van der Waals surface area contributed by atoms with Gasteiger partial charge in [-0.3, -0.25) is 0 Å². The standard InChI is InChI=1S/C13H19F2NO/c1-4-10(8-17-3)16-9(2)13-11(14)6-5-7-12(13)15/h5-7,9-10,16H,4,8H2,1-3H3. The maximum atomic E-state index is 13.5. The highest BCUT2D eigenvalue weighted by atomic mass is 19.1. The van der Waals surface area contributed by atoms with Crippen LogP contribution in [0.2, 0.25) is 0 Å². The van der Waals surface area contributed by atoms with Crippen molar-refractivity contribution in [1.29, 1.82) is 0 Å². The fourth-order valence-corrected chi connectivity index (χ4v) is 1.85. The van der Waals surface area contributed by atoms with Gasteiger partial charge < -0.3 is 10.1 Å². The Balaban J connectivity index is 2.78. The van der Waals surface area contributed by atoms with Gasteiger partial charge in [-0.1, -0.05) is 13.0 Å². The molecule has 0 aliphatic carbocycles. The highest BCUT2D eigenvalue weighted by molar-refractivity contribution is 5.22. The van der Waals surface area contributed by atoms with Crippen LogP contribution in [0.4, 0.5) is 8.78 Å². The van der Waals surface area contributed by atoms with Crippen LogP contribution in [-0.2, 0) is 4.74 Å². The number of rotatable bonds is 6. The third-order valence-corrected chi connectivity index (χ3v) is 2.78. The molecular formula is C13H19F2NO. The summed E-state index contributed by atoms with van der Waals surface area (Å²) in [5, 5.41) is 3.16. The number of benzene rings is 1. The van der Waals surface area contributed by atoms with E-state index in [4.69, 9.17) is 4.74 Å². The Morgan fingerprint density at radius 1 is 1.29 bits per heavy atom. The summed E-state index contributed by atoms with van der Waals surface area (Å²) in [5.74, 6) is -1.03. The molecule has 2 atom stereocenters. The molecule has 0 aromatic heterocycles. The van der Waals surface area contributed by atoms with Crippen molar-refractivity contribution in [1.82, 2.24) is 5.32 Å². The van der Waals surface area contributed by atoms with Gasteiger partial charge in [0.15, 0.2) is 0 Å². The maximum absolute atomic E-state index is 13.5. The fourth-order valence-electron chi connectivity index (χ4n) is 1.85. The number of ether oxygens (including phenoxy) is 1. The molecule has 0 fully saturated rings. The van der Waals surface area contributed by atoms with Crippen molar-refractivity contribution in [3.05, 3.63) is 35.4 Å². The molecule has 1 N–H and O–H groups in total. The van der Waals surface area contributed by atoms with Crippen LogP contribution in [0.3, 0.4) is 0 Å². The first-order valence-corrected chi connectivity index (χ1v) is 5.79. The second-order valence-corrected chi connectivity index (χ2v) is 4.08. The number of methoxy groups -OCH3 is 1. The molecular weight excluding hydrogens is 224 g/mol. The van der Waals surface area contributed by atoms with E-state index in [1.165, 1.54) is 18.2 Å².